The van der Waals surface area contributed by atoms with Gasteiger partial charge in [0.25, 0.3) is 11.1 Å². The number of aryl methyl sites for hydroxylation is 2. The Hall–Kier alpha value is -3.28. The molecule has 3 aromatic rings. The van der Waals surface area contributed by atoms with Crippen LogP contribution in [0, 0.1) is 13.8 Å². The van der Waals surface area contributed by atoms with Gasteiger partial charge in [0, 0.05) is 17.3 Å². The molecule has 1 aromatic carbocycles. The van der Waals surface area contributed by atoms with Gasteiger partial charge in [0.1, 0.15) is 11.5 Å². The number of nitrogens with one attached hydrogen (secondary N) is 2. The van der Waals surface area contributed by atoms with Gasteiger partial charge >= 0.3 is 0 Å². The fraction of sp³-hybridized carbons (Fsp3) is 0.200. The zero-order valence-electron chi connectivity index (χ0n) is 14.5. The molecule has 0 aliphatic carbocycles. The van der Waals surface area contributed by atoms with Crippen LogP contribution < -0.4 is 11.1 Å². The van der Waals surface area contributed by atoms with E-state index in [1.54, 1.807) is 13.8 Å². The van der Waals surface area contributed by atoms with Crippen molar-refractivity contribution in [2.75, 3.05) is 0 Å². The highest BCUT2D eigenvalue weighted by atomic mass is 16.3. The van der Waals surface area contributed by atoms with E-state index >= 15 is 0 Å². The lowest BCUT2D eigenvalue weighted by molar-refractivity contribution is 0.449. The summed E-state index contributed by atoms with van der Waals surface area (Å²) in [5, 5.41) is 20.8. The van der Waals surface area contributed by atoms with E-state index in [9.17, 15) is 19.8 Å². The number of rotatable bonds is 4. The molecule has 0 radical (unpaired) electrons. The van der Waals surface area contributed by atoms with Crippen molar-refractivity contribution < 1.29 is 10.2 Å². The van der Waals surface area contributed by atoms with Gasteiger partial charge in [0.15, 0.2) is 0 Å². The van der Waals surface area contributed by atoms with Crippen molar-refractivity contribution in [3.8, 4) is 11.5 Å². The molecule has 2 aromatic heterocycles. The van der Waals surface area contributed by atoms with Gasteiger partial charge in [-0.25, -0.2) is 0 Å². The van der Waals surface area contributed by atoms with Gasteiger partial charge < -0.3 is 20.2 Å². The lowest BCUT2D eigenvalue weighted by Gasteiger charge is -2.19. The van der Waals surface area contributed by atoms with Gasteiger partial charge in [-0.15, -0.1) is 0 Å². The molecule has 2 heterocycles. The maximum absolute atomic E-state index is 12.5. The Morgan fingerprint density at radius 1 is 0.846 bits per heavy atom. The predicted molar refractivity (Wildman–Crippen MR) is 98.9 cm³/mol. The molecule has 0 saturated carbocycles. The average Bonchev–Trinajstić information content (AvgIpc) is 2.53. The molecular formula is C20H20N2O4. The first-order chi connectivity index (χ1) is 12.4. The smallest absolute Gasteiger partial charge is 0.255 e. The third-order valence-corrected chi connectivity index (χ3v) is 4.35. The van der Waals surface area contributed by atoms with Gasteiger partial charge in [0.05, 0.1) is 11.1 Å². The predicted octanol–water partition coefficient (Wildman–Crippen LogP) is 2.47. The van der Waals surface area contributed by atoms with Crippen LogP contribution in [0.2, 0.25) is 0 Å². The minimum absolute atomic E-state index is 0.0594. The lowest BCUT2D eigenvalue weighted by atomic mass is 9.86. The summed E-state index contributed by atoms with van der Waals surface area (Å²) in [6.07, 6.45) is 0.278. The standard InChI is InChI=1S/C20H20N2O4/c1-11-8-15(23)17(19(25)21-11)14(10-13-6-4-3-5-7-13)18-16(24)9-12(2)22-20(18)26/h3-9,14H,10H2,1-2H3,(H2,21,23,25)(H2,22,24,26). The van der Waals surface area contributed by atoms with Crippen LogP contribution in [0.5, 0.6) is 11.5 Å². The number of H-pyrrole nitrogens is 2. The second-order valence-corrected chi connectivity index (χ2v) is 6.40. The zero-order chi connectivity index (χ0) is 18.8. The summed E-state index contributed by atoms with van der Waals surface area (Å²) in [6, 6.07) is 12.2. The van der Waals surface area contributed by atoms with Crippen LogP contribution in [0.3, 0.4) is 0 Å². The van der Waals surface area contributed by atoms with E-state index in [1.165, 1.54) is 12.1 Å². The van der Waals surface area contributed by atoms with E-state index in [0.29, 0.717) is 11.4 Å². The molecule has 3 rings (SSSR count). The Morgan fingerprint density at radius 3 is 1.73 bits per heavy atom. The second kappa shape index (κ2) is 6.92. The van der Waals surface area contributed by atoms with E-state index in [0.717, 1.165) is 5.56 Å². The maximum atomic E-state index is 12.5. The zero-order valence-corrected chi connectivity index (χ0v) is 14.5. The van der Waals surface area contributed by atoms with Crippen LogP contribution in [-0.4, -0.2) is 20.2 Å². The normalized spacial score (nSPS) is 11.0. The molecule has 0 fully saturated rings. The summed E-state index contributed by atoms with van der Waals surface area (Å²) in [5.41, 5.74) is 1.04. The summed E-state index contributed by atoms with van der Waals surface area (Å²) in [7, 11) is 0. The van der Waals surface area contributed by atoms with Crippen molar-refractivity contribution in [3.05, 3.63) is 91.3 Å². The number of pyridine rings is 2. The highest BCUT2D eigenvalue weighted by molar-refractivity contribution is 5.46. The summed E-state index contributed by atoms with van der Waals surface area (Å²) < 4.78 is 0. The van der Waals surface area contributed by atoms with Gasteiger partial charge in [-0.3, -0.25) is 9.59 Å². The molecule has 0 unspecified atom stereocenters. The van der Waals surface area contributed by atoms with Crippen LogP contribution in [0.25, 0.3) is 0 Å². The van der Waals surface area contributed by atoms with Crippen molar-refractivity contribution in [3.63, 3.8) is 0 Å². The number of aromatic amines is 2. The van der Waals surface area contributed by atoms with Crippen molar-refractivity contribution >= 4 is 0 Å². The highest BCUT2D eigenvalue weighted by Crippen LogP contribution is 2.34. The van der Waals surface area contributed by atoms with Gasteiger partial charge in [-0.05, 0) is 38.0 Å². The van der Waals surface area contributed by atoms with Crippen LogP contribution in [-0.2, 0) is 6.42 Å². The van der Waals surface area contributed by atoms with E-state index in [1.807, 2.05) is 30.3 Å². The molecular weight excluding hydrogens is 332 g/mol. The van der Waals surface area contributed by atoms with Gasteiger partial charge in [-0.2, -0.15) is 0 Å². The highest BCUT2D eigenvalue weighted by Gasteiger charge is 2.27. The largest absolute Gasteiger partial charge is 0.507 e. The molecule has 0 spiro atoms. The lowest BCUT2D eigenvalue weighted by Crippen LogP contribution is -2.25. The topological polar surface area (TPSA) is 106 Å². The summed E-state index contributed by atoms with van der Waals surface area (Å²) in [5.74, 6) is -1.20. The van der Waals surface area contributed by atoms with Crippen molar-refractivity contribution in [1.82, 2.24) is 9.97 Å². The third kappa shape index (κ3) is 3.39. The molecule has 0 atom stereocenters. The Balaban J connectivity index is 2.25. The minimum atomic E-state index is -0.800. The van der Waals surface area contributed by atoms with Crippen molar-refractivity contribution in [1.29, 1.82) is 0 Å². The Bertz CT molecular complexity index is 986. The van der Waals surface area contributed by atoms with Gasteiger partial charge in [0.2, 0.25) is 0 Å². The number of aromatic nitrogens is 2. The second-order valence-electron chi connectivity index (χ2n) is 6.40. The Kier molecular flexibility index (Phi) is 4.67. The van der Waals surface area contributed by atoms with E-state index in [-0.39, 0.29) is 29.0 Å². The van der Waals surface area contributed by atoms with Crippen LogP contribution in [0.15, 0.2) is 52.1 Å². The Morgan fingerprint density at radius 2 is 1.31 bits per heavy atom. The molecule has 0 aliphatic heterocycles. The molecule has 4 N–H and O–H groups in total. The fourth-order valence-corrected chi connectivity index (χ4v) is 3.24. The molecule has 0 saturated heterocycles. The molecule has 6 nitrogen and oxygen atoms in total. The maximum Gasteiger partial charge on any atom is 0.255 e. The molecule has 0 bridgehead atoms. The van der Waals surface area contributed by atoms with Crippen molar-refractivity contribution in [2.45, 2.75) is 26.2 Å². The van der Waals surface area contributed by atoms with Crippen molar-refractivity contribution in [2.24, 2.45) is 0 Å². The number of benzene rings is 1. The SMILES string of the molecule is Cc1cc(O)c(C(Cc2ccccc2)c2c(O)cc(C)[nH]c2=O)c(=O)[nH]1. The van der Waals surface area contributed by atoms with Gasteiger partial charge in [-0.1, -0.05) is 30.3 Å². The van der Waals surface area contributed by atoms with Crippen LogP contribution in [0.1, 0.15) is 34.0 Å². The molecule has 0 aliphatic rings. The van der Waals surface area contributed by atoms with Crippen LogP contribution in [0.4, 0.5) is 0 Å². The number of hydrogen-bond acceptors (Lipinski definition) is 4. The average molecular weight is 352 g/mol. The molecule has 134 valence electrons. The third-order valence-electron chi connectivity index (χ3n) is 4.35. The summed E-state index contributed by atoms with van der Waals surface area (Å²) in [6.45, 7) is 3.32. The van der Waals surface area contributed by atoms with Crippen LogP contribution >= 0.6 is 0 Å². The summed E-state index contributed by atoms with van der Waals surface area (Å²) >= 11 is 0. The fourth-order valence-electron chi connectivity index (χ4n) is 3.24. The first-order valence-electron chi connectivity index (χ1n) is 8.26. The molecule has 26 heavy (non-hydrogen) atoms. The quantitative estimate of drug-likeness (QED) is 0.579. The number of hydrogen-bond donors (Lipinski definition) is 4. The number of aromatic hydroxyl groups is 2. The van der Waals surface area contributed by atoms with E-state index < -0.39 is 17.0 Å². The molecule has 0 amide bonds. The van der Waals surface area contributed by atoms with E-state index in [2.05, 4.69) is 9.97 Å². The molecule has 6 heteroatoms. The first kappa shape index (κ1) is 17.5. The minimum Gasteiger partial charge on any atom is -0.507 e. The van der Waals surface area contributed by atoms with E-state index in [4.69, 9.17) is 0 Å². The monoisotopic (exact) mass is 352 g/mol. The summed E-state index contributed by atoms with van der Waals surface area (Å²) in [4.78, 5) is 30.4. The first-order valence-corrected chi connectivity index (χ1v) is 8.26. The Labute approximate surface area is 149 Å².